The molecule has 0 spiro atoms. The van der Waals surface area contributed by atoms with Gasteiger partial charge in [-0.25, -0.2) is 0 Å². The molecule has 1 aromatic rings. The third-order valence-corrected chi connectivity index (χ3v) is 6.54. The van der Waals surface area contributed by atoms with E-state index in [0.29, 0.717) is 17.9 Å². The molecule has 0 saturated carbocycles. The zero-order chi connectivity index (χ0) is 25.4. The summed E-state index contributed by atoms with van der Waals surface area (Å²) in [5, 5.41) is 37.8. The normalized spacial score (nSPS) is 15.5. The number of thioether (sulfide) groups is 1. The number of hydrogen-bond donors (Lipinski definition) is 4. The van der Waals surface area contributed by atoms with Crippen LogP contribution >= 0.6 is 11.8 Å². The van der Waals surface area contributed by atoms with E-state index in [-0.39, 0.29) is 51.5 Å². The highest BCUT2D eigenvalue weighted by molar-refractivity contribution is 7.99. The van der Waals surface area contributed by atoms with E-state index in [4.69, 9.17) is 19.3 Å². The highest BCUT2D eigenvalue weighted by Gasteiger charge is 2.33. The third-order valence-electron chi connectivity index (χ3n) is 5.30. The lowest BCUT2D eigenvalue weighted by Gasteiger charge is -2.28. The highest BCUT2D eigenvalue weighted by Crippen LogP contribution is 2.34. The second kappa shape index (κ2) is 17.3. The molecule has 0 radical (unpaired) electrons. The molecule has 1 aromatic carbocycles. The molecule has 0 aliphatic rings. The molecule has 0 fully saturated rings. The summed E-state index contributed by atoms with van der Waals surface area (Å²) in [5.41, 5.74) is 0.522. The van der Waals surface area contributed by atoms with Crippen molar-refractivity contribution in [2.45, 2.75) is 57.8 Å². The minimum absolute atomic E-state index is 0.0100. The summed E-state index contributed by atoms with van der Waals surface area (Å²) in [6, 6.07) is 10.1. The van der Waals surface area contributed by atoms with Crippen molar-refractivity contribution in [3.05, 3.63) is 35.9 Å². The van der Waals surface area contributed by atoms with E-state index in [0.717, 1.165) is 6.42 Å². The Balaban J connectivity index is 2.18. The van der Waals surface area contributed by atoms with Crippen molar-refractivity contribution in [1.82, 2.24) is 0 Å². The lowest BCUT2D eigenvalue weighted by molar-refractivity contribution is -0.158. The number of carbonyl (C=O) groups is 1. The molecule has 4 N–H and O–H groups in total. The van der Waals surface area contributed by atoms with Crippen LogP contribution in [0, 0.1) is 5.41 Å². The number of rotatable bonds is 19. The molecule has 0 aliphatic carbocycles. The molecule has 4 atom stereocenters. The molecule has 0 aromatic heterocycles. The van der Waals surface area contributed by atoms with Gasteiger partial charge < -0.3 is 34.6 Å². The first kappa shape index (κ1) is 30.8. The van der Waals surface area contributed by atoms with Crippen LogP contribution in [-0.2, 0) is 19.0 Å². The molecule has 0 bridgehead atoms. The molecule has 0 heterocycles. The topological polar surface area (TPSA) is 126 Å². The smallest absolute Gasteiger partial charge is 0.311 e. The van der Waals surface area contributed by atoms with Gasteiger partial charge in [0, 0.05) is 11.5 Å². The van der Waals surface area contributed by atoms with Gasteiger partial charge in [-0.3, -0.25) is 4.79 Å². The Hall–Kier alpha value is -1.20. The van der Waals surface area contributed by atoms with Gasteiger partial charge in [0.05, 0.1) is 50.7 Å². The Morgan fingerprint density at radius 3 is 2.12 bits per heavy atom. The van der Waals surface area contributed by atoms with Crippen molar-refractivity contribution >= 4 is 17.7 Å². The van der Waals surface area contributed by atoms with Crippen molar-refractivity contribution < 1.29 is 39.4 Å². The van der Waals surface area contributed by atoms with E-state index >= 15 is 0 Å². The fourth-order valence-electron chi connectivity index (χ4n) is 3.34. The number of esters is 1. The number of benzene rings is 1. The highest BCUT2D eigenvalue weighted by atomic mass is 32.2. The van der Waals surface area contributed by atoms with E-state index < -0.39 is 23.7 Å². The Kier molecular flexibility index (Phi) is 15.7. The summed E-state index contributed by atoms with van der Waals surface area (Å²) >= 11 is 1.33. The van der Waals surface area contributed by atoms with Gasteiger partial charge in [0.15, 0.2) is 0 Å². The predicted molar refractivity (Wildman–Crippen MR) is 133 cm³/mol. The van der Waals surface area contributed by atoms with Crippen LogP contribution in [0.4, 0.5) is 0 Å². The van der Waals surface area contributed by atoms with E-state index in [1.165, 1.54) is 17.3 Å². The maximum atomic E-state index is 12.6. The fraction of sp³-hybridized carbons (Fsp3) is 0.720. The Bertz CT molecular complexity index is 658. The minimum Gasteiger partial charge on any atom is -0.462 e. The molecule has 34 heavy (non-hydrogen) atoms. The van der Waals surface area contributed by atoms with Gasteiger partial charge in [0.25, 0.3) is 0 Å². The van der Waals surface area contributed by atoms with Crippen molar-refractivity contribution in [2.24, 2.45) is 5.41 Å². The maximum Gasteiger partial charge on any atom is 0.311 e. The average molecular weight is 503 g/mol. The van der Waals surface area contributed by atoms with Crippen LogP contribution in [0.1, 0.15) is 45.1 Å². The summed E-state index contributed by atoms with van der Waals surface area (Å²) in [7, 11) is 0. The van der Waals surface area contributed by atoms with Crippen molar-refractivity contribution in [2.75, 3.05) is 51.1 Å². The summed E-state index contributed by atoms with van der Waals surface area (Å²) < 4.78 is 16.0. The SMILES string of the molecule is CCC(CC(C)(C)C(=O)OCC(O)COCCOCC(O)CSCC(O)CO)c1ccccc1. The lowest BCUT2D eigenvalue weighted by Crippen LogP contribution is -2.32. The quantitative estimate of drug-likeness (QED) is 0.166. The zero-order valence-electron chi connectivity index (χ0n) is 20.6. The van der Waals surface area contributed by atoms with Crippen LogP contribution in [0.3, 0.4) is 0 Å². The molecule has 1 rings (SSSR count). The summed E-state index contributed by atoms with van der Waals surface area (Å²) in [5.74, 6) is 0.648. The average Bonchev–Trinajstić information content (AvgIpc) is 2.83. The second-order valence-corrected chi connectivity index (χ2v) is 10.1. The summed E-state index contributed by atoms with van der Waals surface area (Å²) in [6.45, 7) is 6.01. The molecule has 0 aliphatic heterocycles. The monoisotopic (exact) mass is 502 g/mol. The number of ether oxygens (including phenoxy) is 3. The van der Waals surface area contributed by atoms with Crippen molar-refractivity contribution in [3.8, 4) is 0 Å². The zero-order valence-corrected chi connectivity index (χ0v) is 21.4. The van der Waals surface area contributed by atoms with Gasteiger partial charge in [-0.2, -0.15) is 11.8 Å². The number of aliphatic hydroxyl groups excluding tert-OH is 4. The second-order valence-electron chi connectivity index (χ2n) is 9.03. The number of aliphatic hydroxyl groups is 4. The van der Waals surface area contributed by atoms with Crippen LogP contribution in [0.5, 0.6) is 0 Å². The first-order valence-corrected chi connectivity index (χ1v) is 13.0. The van der Waals surface area contributed by atoms with Gasteiger partial charge in [0.1, 0.15) is 12.7 Å². The number of hydrogen-bond acceptors (Lipinski definition) is 9. The van der Waals surface area contributed by atoms with Crippen LogP contribution in [0.15, 0.2) is 30.3 Å². The molecule has 8 nitrogen and oxygen atoms in total. The van der Waals surface area contributed by atoms with Gasteiger partial charge >= 0.3 is 5.97 Å². The van der Waals surface area contributed by atoms with Crippen LogP contribution < -0.4 is 0 Å². The largest absolute Gasteiger partial charge is 0.462 e. The number of carbonyl (C=O) groups excluding carboxylic acids is 1. The predicted octanol–water partition coefficient (Wildman–Crippen LogP) is 1.98. The first-order valence-electron chi connectivity index (χ1n) is 11.8. The molecule has 9 heteroatoms. The molecular formula is C25H42O8S. The molecule has 0 saturated heterocycles. The van der Waals surface area contributed by atoms with E-state index in [1.807, 2.05) is 32.0 Å². The fourth-order valence-corrected chi connectivity index (χ4v) is 4.22. The van der Waals surface area contributed by atoms with Crippen molar-refractivity contribution in [1.29, 1.82) is 0 Å². The van der Waals surface area contributed by atoms with E-state index in [9.17, 15) is 20.1 Å². The van der Waals surface area contributed by atoms with Gasteiger partial charge in [-0.15, -0.1) is 0 Å². The lowest BCUT2D eigenvalue weighted by atomic mass is 9.79. The maximum absolute atomic E-state index is 12.6. The van der Waals surface area contributed by atoms with Crippen LogP contribution in [0.25, 0.3) is 0 Å². The first-order chi connectivity index (χ1) is 16.2. The molecule has 4 unspecified atom stereocenters. The Labute approximate surface area is 207 Å². The molecular weight excluding hydrogens is 460 g/mol. The standard InChI is InChI=1S/C25H42O8S/c1-4-19(20-8-6-5-7-9-20)12-25(2,3)24(30)33-16-22(28)14-31-10-11-32-15-23(29)18-34-17-21(27)13-26/h5-9,19,21-23,26-29H,4,10-18H2,1-3H3. The van der Waals surface area contributed by atoms with Gasteiger partial charge in [0.2, 0.25) is 0 Å². The van der Waals surface area contributed by atoms with Gasteiger partial charge in [-0.1, -0.05) is 37.3 Å². The van der Waals surface area contributed by atoms with Gasteiger partial charge in [-0.05, 0) is 38.2 Å². The molecule has 0 amide bonds. The Morgan fingerprint density at radius 1 is 0.941 bits per heavy atom. The van der Waals surface area contributed by atoms with E-state index in [2.05, 4.69) is 19.1 Å². The summed E-state index contributed by atoms with van der Waals surface area (Å²) in [6.07, 6.45) is -0.829. The van der Waals surface area contributed by atoms with Crippen LogP contribution in [-0.4, -0.2) is 95.9 Å². The van der Waals surface area contributed by atoms with Crippen LogP contribution in [0.2, 0.25) is 0 Å². The molecule has 196 valence electrons. The minimum atomic E-state index is -0.934. The van der Waals surface area contributed by atoms with E-state index in [1.54, 1.807) is 0 Å². The Morgan fingerprint density at radius 2 is 1.53 bits per heavy atom. The van der Waals surface area contributed by atoms with Crippen molar-refractivity contribution in [3.63, 3.8) is 0 Å². The summed E-state index contributed by atoms with van der Waals surface area (Å²) in [4.78, 5) is 12.6. The third kappa shape index (κ3) is 13.0.